The lowest BCUT2D eigenvalue weighted by molar-refractivity contribution is 0.0838. The molecule has 0 saturated carbocycles. The van der Waals surface area contributed by atoms with Crippen LogP contribution in [-0.4, -0.2) is 72.6 Å². The van der Waals surface area contributed by atoms with E-state index in [4.69, 9.17) is 26.8 Å². The first kappa shape index (κ1) is 27.8. The van der Waals surface area contributed by atoms with Crippen LogP contribution >= 0.6 is 23.4 Å². The number of aromatic nitrogens is 2. The Labute approximate surface area is 226 Å². The van der Waals surface area contributed by atoms with Crippen molar-refractivity contribution in [2.45, 2.75) is 56.7 Å². The van der Waals surface area contributed by atoms with Crippen molar-refractivity contribution in [3.8, 4) is 0 Å². The van der Waals surface area contributed by atoms with Crippen molar-refractivity contribution in [1.82, 2.24) is 14.5 Å². The Morgan fingerprint density at radius 1 is 1.43 bits per heavy atom. The van der Waals surface area contributed by atoms with Crippen LogP contribution in [0, 0.1) is 5.41 Å². The number of ether oxygens (including phenoxy) is 2. The smallest absolute Gasteiger partial charge is 0.262 e. The molecule has 11 heteroatoms. The summed E-state index contributed by atoms with van der Waals surface area (Å²) in [4.78, 5) is 29.2. The van der Waals surface area contributed by atoms with Gasteiger partial charge in [0.25, 0.3) is 5.56 Å². The van der Waals surface area contributed by atoms with Gasteiger partial charge in [0.05, 0.1) is 41.2 Å². The zero-order valence-electron chi connectivity index (χ0n) is 21.7. The van der Waals surface area contributed by atoms with Gasteiger partial charge in [-0.2, -0.15) is 0 Å². The van der Waals surface area contributed by atoms with E-state index in [2.05, 4.69) is 33.5 Å². The lowest BCUT2D eigenvalue weighted by Crippen LogP contribution is -2.51. The summed E-state index contributed by atoms with van der Waals surface area (Å²) < 4.78 is 12.5. The normalized spacial score (nSPS) is 22.2. The number of benzene rings is 1. The number of thioether (sulfide) groups is 1. The molecular weight excluding hydrogens is 512 g/mol. The number of fused-ring (bicyclic) bond motifs is 1. The van der Waals surface area contributed by atoms with Crippen molar-refractivity contribution in [2.24, 2.45) is 21.1 Å². The van der Waals surface area contributed by atoms with Crippen molar-refractivity contribution < 1.29 is 9.47 Å². The van der Waals surface area contributed by atoms with E-state index in [9.17, 15) is 4.79 Å². The molecule has 1 spiro atoms. The summed E-state index contributed by atoms with van der Waals surface area (Å²) in [6, 6.07) is 3.71. The quantitative estimate of drug-likeness (QED) is 0.231. The zero-order valence-corrected chi connectivity index (χ0v) is 23.2. The number of amidine groups is 1. The van der Waals surface area contributed by atoms with Gasteiger partial charge < -0.3 is 20.1 Å². The van der Waals surface area contributed by atoms with E-state index in [1.807, 2.05) is 13.0 Å². The van der Waals surface area contributed by atoms with Gasteiger partial charge >= 0.3 is 0 Å². The molecule has 2 atom stereocenters. The summed E-state index contributed by atoms with van der Waals surface area (Å²) in [5, 5.41) is 1.32. The molecule has 2 N–H and O–H groups in total. The molecular formula is C26H35ClN6O3S. The SMILES string of the molecule is C=N/C(=C\N=C(C)N1CCC2(CC1)CO[C@@H](C)[C@H]2N)Sc1ccc2ncn(CCCOC)c(=O)c2c1Cl. The van der Waals surface area contributed by atoms with Gasteiger partial charge in [-0.25, -0.2) is 9.98 Å². The largest absolute Gasteiger partial charge is 0.385 e. The van der Waals surface area contributed by atoms with Gasteiger partial charge in [0.15, 0.2) is 0 Å². The van der Waals surface area contributed by atoms with Crippen molar-refractivity contribution in [1.29, 1.82) is 0 Å². The number of halogens is 1. The average Bonchev–Trinajstić information content (AvgIpc) is 3.17. The van der Waals surface area contributed by atoms with Crippen LogP contribution in [-0.2, 0) is 16.0 Å². The minimum Gasteiger partial charge on any atom is -0.385 e. The first-order valence-electron chi connectivity index (χ1n) is 12.5. The third kappa shape index (κ3) is 5.93. The van der Waals surface area contributed by atoms with Gasteiger partial charge in [-0.05, 0) is 52.0 Å². The highest BCUT2D eigenvalue weighted by Gasteiger charge is 2.47. The van der Waals surface area contributed by atoms with Crippen LogP contribution in [0.3, 0.4) is 0 Å². The number of aryl methyl sites for hydroxylation is 1. The van der Waals surface area contributed by atoms with Crippen LogP contribution in [0.25, 0.3) is 10.9 Å². The highest BCUT2D eigenvalue weighted by Crippen LogP contribution is 2.41. The molecule has 2 fully saturated rings. The van der Waals surface area contributed by atoms with Gasteiger partial charge in [-0.3, -0.25) is 14.4 Å². The summed E-state index contributed by atoms with van der Waals surface area (Å²) in [6.07, 6.45) is 6.03. The molecule has 1 aromatic heterocycles. The Morgan fingerprint density at radius 3 is 2.84 bits per heavy atom. The standard InChI is InChI=1S/C26H35ClN6O3S/c1-17-24(28)26(15-36-17)8-11-32(12-9-26)18(2)30-14-21(29-3)37-20-7-6-19-22(23(20)27)25(34)33(16-31-19)10-5-13-35-4/h6-7,14,16-17,24H,3,5,8-13,15,28H2,1-2,4H3/b21-14+,30-18?/t17-,24+/m0/s1. The Balaban J connectivity index is 1.48. The molecule has 37 heavy (non-hydrogen) atoms. The monoisotopic (exact) mass is 546 g/mol. The van der Waals surface area contributed by atoms with Crippen LogP contribution in [0.15, 0.2) is 49.4 Å². The van der Waals surface area contributed by atoms with Gasteiger partial charge in [-0.15, -0.1) is 0 Å². The molecule has 4 rings (SSSR count). The summed E-state index contributed by atoms with van der Waals surface area (Å²) >= 11 is 8.01. The molecule has 2 aliphatic heterocycles. The molecule has 1 aromatic carbocycles. The Kier molecular flexibility index (Phi) is 9.07. The van der Waals surface area contributed by atoms with E-state index >= 15 is 0 Å². The maximum absolute atomic E-state index is 13.1. The molecule has 3 heterocycles. The number of nitrogens with zero attached hydrogens (tertiary/aromatic N) is 5. The second-order valence-electron chi connectivity index (χ2n) is 9.66. The van der Waals surface area contributed by atoms with E-state index in [1.165, 1.54) is 11.8 Å². The molecule has 0 unspecified atom stereocenters. The molecule has 9 nitrogen and oxygen atoms in total. The number of likely N-dealkylation sites (tertiary alicyclic amines) is 1. The van der Waals surface area contributed by atoms with E-state index < -0.39 is 0 Å². The van der Waals surface area contributed by atoms with Crippen molar-refractivity contribution in [3.63, 3.8) is 0 Å². The molecule has 2 aromatic rings. The Bertz CT molecular complexity index is 1250. The van der Waals surface area contributed by atoms with Crippen LogP contribution < -0.4 is 11.3 Å². The summed E-state index contributed by atoms with van der Waals surface area (Å²) in [6.45, 7) is 11.3. The Morgan fingerprint density at radius 2 is 2.19 bits per heavy atom. The molecule has 0 radical (unpaired) electrons. The maximum Gasteiger partial charge on any atom is 0.262 e. The first-order valence-corrected chi connectivity index (χ1v) is 13.7. The molecule has 200 valence electrons. The number of methoxy groups -OCH3 is 1. The molecule has 0 bridgehead atoms. The van der Waals surface area contributed by atoms with E-state index in [0.717, 1.165) is 38.4 Å². The fourth-order valence-corrected chi connectivity index (χ4v) is 6.07. The van der Waals surface area contributed by atoms with Gasteiger partial charge in [0.1, 0.15) is 10.9 Å². The predicted molar refractivity (Wildman–Crippen MR) is 151 cm³/mol. The molecule has 0 aliphatic carbocycles. The van der Waals surface area contributed by atoms with Gasteiger partial charge in [0.2, 0.25) is 0 Å². The molecule has 2 saturated heterocycles. The van der Waals surface area contributed by atoms with Crippen molar-refractivity contribution >= 4 is 46.8 Å². The summed E-state index contributed by atoms with van der Waals surface area (Å²) in [5.41, 5.74) is 6.89. The second-order valence-corrected chi connectivity index (χ2v) is 11.1. The van der Waals surface area contributed by atoms with E-state index in [1.54, 1.807) is 30.3 Å². The first-order chi connectivity index (χ1) is 17.8. The summed E-state index contributed by atoms with van der Waals surface area (Å²) in [7, 11) is 1.63. The molecule has 2 aliphatic rings. The number of piperidine rings is 1. The zero-order chi connectivity index (χ0) is 26.6. The predicted octanol–water partition coefficient (Wildman–Crippen LogP) is 3.92. The van der Waals surface area contributed by atoms with E-state index in [0.29, 0.717) is 45.4 Å². The summed E-state index contributed by atoms with van der Waals surface area (Å²) in [5.74, 6) is 0.907. The number of aliphatic imine (C=N–C) groups is 2. The van der Waals surface area contributed by atoms with Crippen molar-refractivity contribution in [2.75, 3.05) is 33.4 Å². The van der Waals surface area contributed by atoms with Crippen LogP contribution in [0.2, 0.25) is 5.02 Å². The number of nitrogens with two attached hydrogens (primary N) is 1. The Hall–Kier alpha value is -2.24. The topological polar surface area (TPSA) is 107 Å². The maximum atomic E-state index is 13.1. The number of rotatable bonds is 8. The van der Waals surface area contributed by atoms with Crippen LogP contribution in [0.5, 0.6) is 0 Å². The number of hydrogen-bond acceptors (Lipinski definition) is 8. The van der Waals surface area contributed by atoms with Crippen molar-refractivity contribution in [3.05, 3.63) is 45.1 Å². The van der Waals surface area contributed by atoms with E-state index in [-0.39, 0.29) is 23.1 Å². The fraction of sp³-hybridized carbons (Fsp3) is 0.538. The third-order valence-electron chi connectivity index (χ3n) is 7.44. The fourth-order valence-electron chi connectivity index (χ4n) is 4.99. The minimum atomic E-state index is -0.177. The number of hydrogen-bond donors (Lipinski definition) is 1. The average molecular weight is 547 g/mol. The van der Waals surface area contributed by atoms with Crippen LogP contribution in [0.4, 0.5) is 0 Å². The van der Waals surface area contributed by atoms with Crippen LogP contribution in [0.1, 0.15) is 33.1 Å². The minimum absolute atomic E-state index is 0.0692. The lowest BCUT2D eigenvalue weighted by Gasteiger charge is -2.41. The van der Waals surface area contributed by atoms with Gasteiger partial charge in [-0.1, -0.05) is 23.4 Å². The molecule has 0 amide bonds. The van der Waals surface area contributed by atoms with Gasteiger partial charge in [0, 0.05) is 49.7 Å². The highest BCUT2D eigenvalue weighted by molar-refractivity contribution is 8.03. The highest BCUT2D eigenvalue weighted by atomic mass is 35.5. The lowest BCUT2D eigenvalue weighted by atomic mass is 9.73. The second kappa shape index (κ2) is 12.1. The third-order valence-corrected chi connectivity index (χ3v) is 8.95.